The van der Waals surface area contributed by atoms with Gasteiger partial charge >= 0.3 is 0 Å². The van der Waals surface area contributed by atoms with Gasteiger partial charge in [0, 0.05) is 44.4 Å². The van der Waals surface area contributed by atoms with E-state index in [4.69, 9.17) is 0 Å². The standard InChI is InChI=1S/C15H26N4O3S/c1-12(2)15-16-8-10-19(15)13-5-4-9-18(11-13)14(20)6-7-17-23(3,21)22/h8,10,12-13,17H,4-7,9,11H2,1-3H3/t13-/m1/s1. The van der Waals surface area contributed by atoms with Gasteiger partial charge in [-0.25, -0.2) is 18.1 Å². The fourth-order valence-electron chi connectivity index (χ4n) is 2.99. The van der Waals surface area contributed by atoms with Crippen LogP contribution in [0.4, 0.5) is 0 Å². The molecule has 0 unspecified atom stereocenters. The molecule has 0 aromatic carbocycles. The third kappa shape index (κ3) is 5.04. The average molecular weight is 342 g/mol. The van der Waals surface area contributed by atoms with E-state index >= 15 is 0 Å². The van der Waals surface area contributed by atoms with Crippen LogP contribution in [0, 0.1) is 0 Å². The zero-order chi connectivity index (χ0) is 17.0. The Kier molecular flexibility index (Phi) is 5.80. The van der Waals surface area contributed by atoms with Crippen molar-refractivity contribution in [1.29, 1.82) is 0 Å². The van der Waals surface area contributed by atoms with Crippen molar-refractivity contribution in [2.24, 2.45) is 0 Å². The summed E-state index contributed by atoms with van der Waals surface area (Å²) in [5, 5.41) is 0. The molecule has 8 heteroatoms. The number of sulfonamides is 1. The molecule has 1 N–H and O–H groups in total. The predicted molar refractivity (Wildman–Crippen MR) is 88.6 cm³/mol. The predicted octanol–water partition coefficient (Wildman–Crippen LogP) is 1.11. The van der Waals surface area contributed by atoms with Crippen molar-refractivity contribution in [3.05, 3.63) is 18.2 Å². The Hall–Kier alpha value is -1.41. The molecule has 0 aliphatic carbocycles. The van der Waals surface area contributed by atoms with Gasteiger partial charge in [0.15, 0.2) is 0 Å². The maximum Gasteiger partial charge on any atom is 0.223 e. The number of carbonyl (C=O) groups is 1. The van der Waals surface area contributed by atoms with Crippen LogP contribution < -0.4 is 4.72 Å². The highest BCUT2D eigenvalue weighted by Gasteiger charge is 2.26. The maximum absolute atomic E-state index is 12.3. The van der Waals surface area contributed by atoms with E-state index in [1.807, 2.05) is 17.3 Å². The van der Waals surface area contributed by atoms with Gasteiger partial charge in [0.05, 0.1) is 12.3 Å². The van der Waals surface area contributed by atoms with E-state index < -0.39 is 10.0 Å². The molecule has 23 heavy (non-hydrogen) atoms. The van der Waals surface area contributed by atoms with Crippen LogP contribution >= 0.6 is 0 Å². The summed E-state index contributed by atoms with van der Waals surface area (Å²) in [5.41, 5.74) is 0. The second-order valence-electron chi connectivity index (χ2n) is 6.40. The lowest BCUT2D eigenvalue weighted by molar-refractivity contribution is -0.132. The summed E-state index contributed by atoms with van der Waals surface area (Å²) in [6.07, 6.45) is 7.07. The molecule has 1 aromatic heterocycles. The average Bonchev–Trinajstić information content (AvgIpc) is 2.95. The molecular weight excluding hydrogens is 316 g/mol. The van der Waals surface area contributed by atoms with E-state index in [-0.39, 0.29) is 24.9 Å². The Labute approximate surface area is 138 Å². The first kappa shape index (κ1) is 17.9. The van der Waals surface area contributed by atoms with E-state index in [9.17, 15) is 13.2 Å². The number of aromatic nitrogens is 2. The second kappa shape index (κ2) is 7.44. The lowest BCUT2D eigenvalue weighted by atomic mass is 10.0. The molecule has 1 atom stereocenters. The third-order valence-corrected chi connectivity index (χ3v) is 4.79. The zero-order valence-electron chi connectivity index (χ0n) is 14.0. The van der Waals surface area contributed by atoms with Gasteiger partial charge in [-0.2, -0.15) is 0 Å². The van der Waals surface area contributed by atoms with Crippen LogP contribution in [-0.4, -0.2) is 54.7 Å². The molecule has 0 radical (unpaired) electrons. The van der Waals surface area contributed by atoms with E-state index in [0.29, 0.717) is 12.5 Å². The van der Waals surface area contributed by atoms with E-state index in [1.54, 1.807) is 0 Å². The van der Waals surface area contributed by atoms with Gasteiger partial charge in [0.1, 0.15) is 5.82 Å². The maximum atomic E-state index is 12.3. The summed E-state index contributed by atoms with van der Waals surface area (Å²) >= 11 is 0. The van der Waals surface area contributed by atoms with Crippen molar-refractivity contribution in [2.75, 3.05) is 25.9 Å². The van der Waals surface area contributed by atoms with Crippen molar-refractivity contribution in [3.63, 3.8) is 0 Å². The minimum absolute atomic E-state index is 0.00272. The lowest BCUT2D eigenvalue weighted by Gasteiger charge is -2.34. The van der Waals surface area contributed by atoms with Crippen LogP contribution in [0.1, 0.15) is 50.9 Å². The van der Waals surface area contributed by atoms with Crippen molar-refractivity contribution < 1.29 is 13.2 Å². The minimum atomic E-state index is -3.25. The molecule has 130 valence electrons. The van der Waals surface area contributed by atoms with Gasteiger partial charge in [0.2, 0.25) is 15.9 Å². The molecule has 1 aliphatic heterocycles. The number of nitrogens with zero attached hydrogens (tertiary/aromatic N) is 3. The van der Waals surface area contributed by atoms with E-state index in [2.05, 4.69) is 28.1 Å². The van der Waals surface area contributed by atoms with Crippen molar-refractivity contribution in [2.45, 2.75) is 45.1 Å². The van der Waals surface area contributed by atoms with Crippen LogP contribution in [0.25, 0.3) is 0 Å². The molecule has 7 nitrogen and oxygen atoms in total. The number of rotatable bonds is 6. The van der Waals surface area contributed by atoms with Crippen molar-refractivity contribution in [1.82, 2.24) is 19.2 Å². The van der Waals surface area contributed by atoms with Crippen LogP contribution in [0.2, 0.25) is 0 Å². The lowest BCUT2D eigenvalue weighted by Crippen LogP contribution is -2.42. The molecule has 1 saturated heterocycles. The Balaban J connectivity index is 1.95. The summed E-state index contributed by atoms with van der Waals surface area (Å²) < 4.78 is 26.6. The van der Waals surface area contributed by atoms with Crippen LogP contribution in [0.3, 0.4) is 0 Å². The van der Waals surface area contributed by atoms with Gasteiger partial charge in [-0.1, -0.05) is 13.8 Å². The van der Waals surface area contributed by atoms with Gasteiger partial charge in [0.25, 0.3) is 0 Å². The molecule has 1 aromatic rings. The minimum Gasteiger partial charge on any atom is -0.341 e. The first-order valence-electron chi connectivity index (χ1n) is 8.03. The van der Waals surface area contributed by atoms with Crippen molar-refractivity contribution in [3.8, 4) is 0 Å². The molecule has 0 spiro atoms. The fourth-order valence-corrected chi connectivity index (χ4v) is 3.46. The topological polar surface area (TPSA) is 84.3 Å². The molecule has 2 heterocycles. The number of carbonyl (C=O) groups excluding carboxylic acids is 1. The summed E-state index contributed by atoms with van der Waals surface area (Å²) in [5.74, 6) is 1.38. The van der Waals surface area contributed by atoms with Crippen molar-refractivity contribution >= 4 is 15.9 Å². The normalized spacial score (nSPS) is 19.3. The number of likely N-dealkylation sites (tertiary alicyclic amines) is 1. The van der Waals surface area contributed by atoms with Gasteiger partial charge < -0.3 is 9.47 Å². The summed E-state index contributed by atoms with van der Waals surface area (Å²) in [7, 11) is -3.25. The highest BCUT2D eigenvalue weighted by molar-refractivity contribution is 7.88. The highest BCUT2D eigenvalue weighted by atomic mass is 32.2. The first-order valence-corrected chi connectivity index (χ1v) is 9.92. The molecule has 0 saturated carbocycles. The molecule has 1 amide bonds. The number of nitrogens with one attached hydrogen (secondary N) is 1. The Morgan fingerprint density at radius 1 is 1.48 bits per heavy atom. The summed E-state index contributed by atoms with van der Waals surface area (Å²) in [4.78, 5) is 18.5. The second-order valence-corrected chi connectivity index (χ2v) is 8.23. The Morgan fingerprint density at radius 3 is 2.87 bits per heavy atom. The van der Waals surface area contributed by atoms with Gasteiger partial charge in [-0.3, -0.25) is 4.79 Å². The van der Waals surface area contributed by atoms with Gasteiger partial charge in [-0.05, 0) is 12.8 Å². The molecule has 1 fully saturated rings. The molecule has 2 rings (SSSR count). The monoisotopic (exact) mass is 342 g/mol. The Morgan fingerprint density at radius 2 is 2.22 bits per heavy atom. The smallest absolute Gasteiger partial charge is 0.223 e. The quantitative estimate of drug-likeness (QED) is 0.839. The van der Waals surface area contributed by atoms with Crippen LogP contribution in [0.15, 0.2) is 12.4 Å². The molecule has 1 aliphatic rings. The largest absolute Gasteiger partial charge is 0.341 e. The fraction of sp³-hybridized carbons (Fsp3) is 0.733. The van der Waals surface area contributed by atoms with Crippen LogP contribution in [-0.2, 0) is 14.8 Å². The number of imidazole rings is 1. The molecule has 0 bridgehead atoms. The number of hydrogen-bond acceptors (Lipinski definition) is 4. The number of hydrogen-bond donors (Lipinski definition) is 1. The van der Waals surface area contributed by atoms with Gasteiger partial charge in [-0.15, -0.1) is 0 Å². The molecular formula is C15H26N4O3S. The summed E-state index contributed by atoms with van der Waals surface area (Å²) in [6, 6.07) is 0.246. The van der Waals surface area contributed by atoms with E-state index in [1.165, 1.54) is 0 Å². The highest BCUT2D eigenvalue weighted by Crippen LogP contribution is 2.25. The van der Waals surface area contributed by atoms with Crippen LogP contribution in [0.5, 0.6) is 0 Å². The number of piperidine rings is 1. The Bertz CT molecular complexity index is 639. The first-order chi connectivity index (χ1) is 10.8. The third-order valence-electron chi connectivity index (χ3n) is 4.06. The summed E-state index contributed by atoms with van der Waals surface area (Å²) in [6.45, 7) is 5.78. The zero-order valence-corrected chi connectivity index (χ0v) is 14.8. The SMILES string of the molecule is CC(C)c1nccn1[C@@H]1CCCN(C(=O)CCNS(C)(=O)=O)C1. The number of amides is 1. The van der Waals surface area contributed by atoms with E-state index in [0.717, 1.165) is 31.5 Å².